The van der Waals surface area contributed by atoms with Crippen molar-refractivity contribution in [3.05, 3.63) is 128 Å². The number of ether oxygens (including phenoxy) is 1. The number of amides is 2. The zero-order valence-electron chi connectivity index (χ0n) is 20.6. The van der Waals surface area contributed by atoms with Gasteiger partial charge in [0.15, 0.2) is 12.1 Å². The summed E-state index contributed by atoms with van der Waals surface area (Å²) in [6, 6.07) is 26.7. The number of esters is 1. The van der Waals surface area contributed by atoms with Gasteiger partial charge in [-0.25, -0.2) is 4.79 Å². The minimum atomic E-state index is -0.967. The maximum absolute atomic E-state index is 13.8. The molecule has 2 aliphatic rings. The molecule has 0 aliphatic carbocycles. The van der Waals surface area contributed by atoms with Gasteiger partial charge < -0.3 is 15.0 Å². The predicted molar refractivity (Wildman–Crippen MR) is 159 cm³/mol. The maximum atomic E-state index is 13.8. The van der Waals surface area contributed by atoms with Crippen molar-refractivity contribution >= 4 is 61.4 Å². The van der Waals surface area contributed by atoms with E-state index in [-0.39, 0.29) is 18.2 Å². The third-order valence-electron chi connectivity index (χ3n) is 6.48. The highest BCUT2D eigenvalue weighted by Crippen LogP contribution is 2.42. The number of thioether (sulfide) groups is 1. The minimum Gasteiger partial charge on any atom is -0.451 e. The minimum absolute atomic E-state index is 0.170. The van der Waals surface area contributed by atoms with Gasteiger partial charge in [-0.3, -0.25) is 9.59 Å². The van der Waals surface area contributed by atoms with Crippen LogP contribution in [0.4, 0.5) is 0 Å². The molecule has 0 radical (unpaired) electrons. The van der Waals surface area contributed by atoms with Gasteiger partial charge in [-0.05, 0) is 65.6 Å². The summed E-state index contributed by atoms with van der Waals surface area (Å²) in [7, 11) is 0. The van der Waals surface area contributed by atoms with Gasteiger partial charge in [0.1, 0.15) is 11.4 Å². The highest BCUT2D eigenvalue weighted by atomic mass is 79.9. The van der Waals surface area contributed by atoms with E-state index in [0.717, 1.165) is 16.7 Å². The number of rotatable bonds is 8. The molecule has 2 heterocycles. The molecule has 0 aromatic heterocycles. The SMILES string of the molecule is O=C(Cc1ccccc1)NC1C(=O)N2C(C(=O)OC(c3ccccc3)c3ccccc3)C(C=C(Br)Br)=CS[C@@H]12. The van der Waals surface area contributed by atoms with Crippen LogP contribution in [0.25, 0.3) is 0 Å². The number of hydrogen-bond acceptors (Lipinski definition) is 5. The first kappa shape index (κ1) is 27.4. The fraction of sp³-hybridized carbons (Fsp3) is 0.167. The topological polar surface area (TPSA) is 75.7 Å². The van der Waals surface area contributed by atoms with Crippen molar-refractivity contribution < 1.29 is 19.1 Å². The van der Waals surface area contributed by atoms with E-state index in [2.05, 4.69) is 37.2 Å². The Morgan fingerprint density at radius 1 is 0.923 bits per heavy atom. The molecule has 0 saturated carbocycles. The Kier molecular flexibility index (Phi) is 8.69. The molecule has 2 amide bonds. The fourth-order valence-electron chi connectivity index (χ4n) is 4.67. The molecule has 39 heavy (non-hydrogen) atoms. The number of fused-ring (bicyclic) bond motifs is 1. The summed E-state index contributed by atoms with van der Waals surface area (Å²) in [6.45, 7) is 0. The molecule has 2 unspecified atom stereocenters. The lowest BCUT2D eigenvalue weighted by Gasteiger charge is -2.51. The molecule has 1 saturated heterocycles. The molecule has 9 heteroatoms. The first-order valence-electron chi connectivity index (χ1n) is 12.3. The van der Waals surface area contributed by atoms with Crippen LogP contribution in [-0.4, -0.2) is 40.1 Å². The van der Waals surface area contributed by atoms with Gasteiger partial charge in [-0.1, -0.05) is 91.0 Å². The van der Waals surface area contributed by atoms with Crippen LogP contribution < -0.4 is 5.32 Å². The van der Waals surface area contributed by atoms with E-state index in [9.17, 15) is 14.4 Å². The number of nitrogens with one attached hydrogen (secondary N) is 1. The van der Waals surface area contributed by atoms with Gasteiger partial charge in [0.2, 0.25) is 11.8 Å². The zero-order chi connectivity index (χ0) is 27.4. The molecule has 1 fully saturated rings. The van der Waals surface area contributed by atoms with Crippen molar-refractivity contribution in [2.45, 2.75) is 30.0 Å². The summed E-state index contributed by atoms with van der Waals surface area (Å²) in [5.74, 6) is -1.12. The molecule has 6 nitrogen and oxygen atoms in total. The Morgan fingerprint density at radius 3 is 2.05 bits per heavy atom. The molecule has 1 N–H and O–H groups in total. The van der Waals surface area contributed by atoms with E-state index in [1.54, 1.807) is 6.08 Å². The molecular weight excluding hydrogens is 644 g/mol. The molecule has 198 valence electrons. The van der Waals surface area contributed by atoms with E-state index in [1.165, 1.54) is 16.7 Å². The van der Waals surface area contributed by atoms with Crippen molar-refractivity contribution in [1.29, 1.82) is 0 Å². The maximum Gasteiger partial charge on any atom is 0.334 e. The van der Waals surface area contributed by atoms with Gasteiger partial charge in [-0.15, -0.1) is 11.8 Å². The van der Waals surface area contributed by atoms with Crippen molar-refractivity contribution in [3.63, 3.8) is 0 Å². The van der Waals surface area contributed by atoms with E-state index >= 15 is 0 Å². The summed E-state index contributed by atoms with van der Waals surface area (Å²) < 4.78 is 6.77. The van der Waals surface area contributed by atoms with Gasteiger partial charge in [-0.2, -0.15) is 0 Å². The standard InChI is InChI=1S/C30H24Br2N2O4S/c31-23(32)17-22-18-39-29-25(33-24(35)16-19-10-4-1-5-11-19)28(36)34(29)26(22)30(37)38-27(20-12-6-2-7-13-20)21-14-8-3-9-15-21/h1-15,17-18,25-27,29H,16H2,(H,33,35)/t25?,26?,29-/m0/s1. The second kappa shape index (κ2) is 12.4. The van der Waals surface area contributed by atoms with Crippen LogP contribution in [0.5, 0.6) is 0 Å². The normalized spacial score (nSPS) is 19.9. The van der Waals surface area contributed by atoms with E-state index < -0.39 is 29.5 Å². The number of β-lactam (4-membered cyclic amide) rings is 1. The van der Waals surface area contributed by atoms with Crippen LogP contribution in [0.15, 0.2) is 111 Å². The Hall–Kier alpha value is -3.14. The zero-order valence-corrected chi connectivity index (χ0v) is 24.6. The lowest BCUT2D eigenvalue weighted by Crippen LogP contribution is -2.74. The largest absolute Gasteiger partial charge is 0.451 e. The van der Waals surface area contributed by atoms with Crippen molar-refractivity contribution in [2.24, 2.45) is 0 Å². The third kappa shape index (κ3) is 6.21. The Bertz CT molecular complexity index is 1370. The van der Waals surface area contributed by atoms with Crippen molar-refractivity contribution in [2.75, 3.05) is 0 Å². The van der Waals surface area contributed by atoms with Gasteiger partial charge in [0.05, 0.1) is 9.81 Å². The van der Waals surface area contributed by atoms with Crippen molar-refractivity contribution in [1.82, 2.24) is 10.2 Å². The monoisotopic (exact) mass is 666 g/mol. The smallest absolute Gasteiger partial charge is 0.334 e. The second-order valence-electron chi connectivity index (χ2n) is 9.07. The summed E-state index contributed by atoms with van der Waals surface area (Å²) >= 11 is 8.13. The fourth-order valence-corrected chi connectivity index (χ4v) is 6.39. The quantitative estimate of drug-likeness (QED) is 0.241. The van der Waals surface area contributed by atoms with Crippen molar-refractivity contribution in [3.8, 4) is 0 Å². The summed E-state index contributed by atoms with van der Waals surface area (Å²) in [5.41, 5.74) is 3.11. The Balaban J connectivity index is 1.38. The lowest BCUT2D eigenvalue weighted by atomic mass is 9.97. The van der Waals surface area contributed by atoms with Crippen LogP contribution in [0.2, 0.25) is 0 Å². The van der Waals surface area contributed by atoms with Crippen LogP contribution in [-0.2, 0) is 25.5 Å². The molecule has 3 aromatic carbocycles. The molecular formula is C30H24Br2N2O4S. The number of carbonyl (C=O) groups is 3. The van der Waals surface area contributed by atoms with Gasteiger partial charge in [0, 0.05) is 0 Å². The van der Waals surface area contributed by atoms with Crippen LogP contribution in [0.3, 0.4) is 0 Å². The van der Waals surface area contributed by atoms with Crippen LogP contribution in [0.1, 0.15) is 22.8 Å². The van der Waals surface area contributed by atoms with Crippen LogP contribution >= 0.6 is 43.6 Å². The highest BCUT2D eigenvalue weighted by molar-refractivity contribution is 9.28. The average Bonchev–Trinajstić information content (AvgIpc) is 2.95. The number of halogens is 2. The number of carbonyl (C=O) groups excluding carboxylic acids is 3. The van der Waals surface area contributed by atoms with E-state index in [4.69, 9.17) is 4.74 Å². The molecule has 0 bridgehead atoms. The highest BCUT2D eigenvalue weighted by Gasteiger charge is 2.56. The van der Waals surface area contributed by atoms with Gasteiger partial charge in [0.25, 0.3) is 0 Å². The molecule has 5 rings (SSSR count). The van der Waals surface area contributed by atoms with E-state index in [1.807, 2.05) is 96.4 Å². The second-order valence-corrected chi connectivity index (χ2v) is 12.8. The lowest BCUT2D eigenvalue weighted by molar-refractivity contribution is -0.165. The summed E-state index contributed by atoms with van der Waals surface area (Å²) in [5, 5.41) is 4.28. The van der Waals surface area contributed by atoms with E-state index in [0.29, 0.717) is 8.96 Å². The molecule has 0 spiro atoms. The first-order chi connectivity index (χ1) is 18.9. The molecule has 2 aliphatic heterocycles. The molecule has 3 aromatic rings. The Morgan fingerprint density at radius 2 is 1.49 bits per heavy atom. The third-order valence-corrected chi connectivity index (χ3v) is 8.12. The number of nitrogens with zero attached hydrogens (tertiary/aromatic N) is 1. The predicted octanol–water partition coefficient (Wildman–Crippen LogP) is 5.85. The Labute approximate surface area is 247 Å². The van der Waals surface area contributed by atoms with Crippen LogP contribution in [0, 0.1) is 0 Å². The number of benzene rings is 3. The summed E-state index contributed by atoms with van der Waals surface area (Å²) in [6.07, 6.45) is 1.26. The number of hydrogen-bond donors (Lipinski definition) is 1. The first-order valence-corrected chi connectivity index (χ1v) is 14.8. The summed E-state index contributed by atoms with van der Waals surface area (Å²) in [4.78, 5) is 41.4. The van der Waals surface area contributed by atoms with Gasteiger partial charge >= 0.3 is 5.97 Å². The molecule has 3 atom stereocenters. The average molecular weight is 668 g/mol.